The van der Waals surface area contributed by atoms with Crippen molar-refractivity contribution in [2.45, 2.75) is 102 Å². The van der Waals surface area contributed by atoms with E-state index in [4.69, 9.17) is 4.74 Å². The standard InChI is InChI=1S/C31H48N2O8/c1-2-32-30(36)16-10-4-3-9-15-26-27(29(35)23-28(26)34)21-20-25(19-18-24-13-7-5-8-14-24)41-31(37)17-11-6-12-22-40-33(38)39/h3,5,7-9,13-14,20-21,25-29,31,34-35,37H,2,4,6,10-12,15-19,22-23H2,1H3,(H,32,36)/b9-3-,21-20+/t25-,26+,27+,28-,29+,31?/m0/s1. The summed E-state index contributed by atoms with van der Waals surface area (Å²) < 4.78 is 5.97. The molecular weight excluding hydrogens is 528 g/mol. The molecule has 4 N–H and O–H groups in total. The van der Waals surface area contributed by atoms with Crippen LogP contribution in [0.5, 0.6) is 0 Å². The van der Waals surface area contributed by atoms with Crippen LogP contribution in [0.15, 0.2) is 54.6 Å². The van der Waals surface area contributed by atoms with E-state index in [9.17, 15) is 30.2 Å². The second kappa shape index (κ2) is 20.1. The summed E-state index contributed by atoms with van der Waals surface area (Å²) in [6.45, 7) is 2.56. The summed E-state index contributed by atoms with van der Waals surface area (Å²) in [6.07, 6.45) is 11.8. The molecule has 0 aromatic heterocycles. The number of ether oxygens (including phenoxy) is 1. The molecule has 0 heterocycles. The van der Waals surface area contributed by atoms with Gasteiger partial charge in [-0.05, 0) is 69.8 Å². The van der Waals surface area contributed by atoms with Gasteiger partial charge in [0.1, 0.15) is 0 Å². The molecule has 1 unspecified atom stereocenters. The van der Waals surface area contributed by atoms with E-state index >= 15 is 0 Å². The molecule has 1 fully saturated rings. The van der Waals surface area contributed by atoms with E-state index in [1.54, 1.807) is 0 Å². The number of aliphatic hydroxyl groups is 3. The normalized spacial score (nSPS) is 22.2. The van der Waals surface area contributed by atoms with Crippen molar-refractivity contribution >= 4 is 5.91 Å². The van der Waals surface area contributed by atoms with E-state index in [0.29, 0.717) is 57.9 Å². The van der Waals surface area contributed by atoms with Gasteiger partial charge in [0.05, 0.1) is 24.9 Å². The number of unbranched alkanes of at least 4 members (excludes halogenated alkanes) is 3. The number of rotatable bonds is 21. The molecule has 2 rings (SSSR count). The number of amides is 1. The molecule has 6 atom stereocenters. The molecule has 0 spiro atoms. The van der Waals surface area contributed by atoms with E-state index in [0.717, 1.165) is 24.8 Å². The van der Waals surface area contributed by atoms with Crippen LogP contribution in [0.4, 0.5) is 0 Å². The Labute approximate surface area is 243 Å². The largest absolute Gasteiger partial charge is 0.393 e. The lowest BCUT2D eigenvalue weighted by atomic mass is 9.89. The lowest BCUT2D eigenvalue weighted by molar-refractivity contribution is -0.757. The van der Waals surface area contributed by atoms with Gasteiger partial charge in [0, 0.05) is 25.3 Å². The van der Waals surface area contributed by atoms with Crippen LogP contribution in [0.3, 0.4) is 0 Å². The monoisotopic (exact) mass is 576 g/mol. The van der Waals surface area contributed by atoms with Crippen molar-refractivity contribution in [2.24, 2.45) is 11.8 Å². The number of aryl methyl sites for hydroxylation is 1. The van der Waals surface area contributed by atoms with E-state index in [1.165, 1.54) is 0 Å². The maximum atomic E-state index is 11.6. The number of benzene rings is 1. The fourth-order valence-electron chi connectivity index (χ4n) is 5.17. The maximum Gasteiger partial charge on any atom is 0.294 e. The Hall–Kier alpha value is -2.79. The zero-order chi connectivity index (χ0) is 29.9. The Morgan fingerprint density at radius 3 is 2.63 bits per heavy atom. The second-order valence-corrected chi connectivity index (χ2v) is 10.6. The first kappa shape index (κ1) is 34.4. The fraction of sp³-hybridized carbons (Fsp3) is 0.645. The number of nitrogens with one attached hydrogen (secondary N) is 1. The first-order valence-electron chi connectivity index (χ1n) is 14.9. The summed E-state index contributed by atoms with van der Waals surface area (Å²) in [4.78, 5) is 26.1. The lowest BCUT2D eigenvalue weighted by Gasteiger charge is -2.22. The second-order valence-electron chi connectivity index (χ2n) is 10.6. The van der Waals surface area contributed by atoms with Crippen molar-refractivity contribution in [1.29, 1.82) is 0 Å². The molecule has 0 saturated heterocycles. The number of carbonyl (C=O) groups is 1. The number of allylic oxidation sites excluding steroid dienone is 2. The predicted molar refractivity (Wildman–Crippen MR) is 156 cm³/mol. The van der Waals surface area contributed by atoms with Gasteiger partial charge in [0.25, 0.3) is 5.09 Å². The third-order valence-corrected chi connectivity index (χ3v) is 7.37. The van der Waals surface area contributed by atoms with E-state index in [-0.39, 0.29) is 24.3 Å². The van der Waals surface area contributed by atoms with Gasteiger partial charge in [-0.15, -0.1) is 10.1 Å². The molecule has 41 heavy (non-hydrogen) atoms. The number of hydrogen-bond donors (Lipinski definition) is 4. The molecule has 0 radical (unpaired) electrons. The third kappa shape index (κ3) is 14.6. The molecule has 1 saturated carbocycles. The predicted octanol–water partition coefficient (Wildman–Crippen LogP) is 4.26. The van der Waals surface area contributed by atoms with Gasteiger partial charge in [0.2, 0.25) is 5.91 Å². The number of aliphatic hydroxyl groups excluding tert-OH is 3. The lowest BCUT2D eigenvalue weighted by Crippen LogP contribution is -2.23. The molecule has 0 aliphatic heterocycles. The molecule has 230 valence electrons. The molecule has 1 aromatic carbocycles. The summed E-state index contributed by atoms with van der Waals surface area (Å²) in [5.41, 5.74) is 1.15. The van der Waals surface area contributed by atoms with E-state index in [1.807, 2.05) is 61.6 Å². The number of nitrogens with zero attached hydrogens (tertiary/aromatic N) is 1. The van der Waals surface area contributed by atoms with E-state index in [2.05, 4.69) is 10.2 Å². The molecule has 1 amide bonds. The Morgan fingerprint density at radius 2 is 1.90 bits per heavy atom. The summed E-state index contributed by atoms with van der Waals surface area (Å²) in [7, 11) is 0. The SMILES string of the molecule is CCNC(=O)CCC/C=C\C[C@@H]1[C@@H](/C=C/[C@H](CCc2ccccc2)OC(O)CCCCCO[N+](=O)[O-])[C@H](O)C[C@@H]1O. The van der Waals surface area contributed by atoms with Gasteiger partial charge < -0.3 is 30.2 Å². The fourth-order valence-corrected chi connectivity index (χ4v) is 5.17. The summed E-state index contributed by atoms with van der Waals surface area (Å²) >= 11 is 0. The number of carbonyl (C=O) groups excluding carboxylic acids is 1. The minimum Gasteiger partial charge on any atom is -0.393 e. The van der Waals surface area contributed by atoms with Crippen molar-refractivity contribution in [2.75, 3.05) is 13.2 Å². The highest BCUT2D eigenvalue weighted by Gasteiger charge is 2.39. The van der Waals surface area contributed by atoms with Crippen LogP contribution in [0, 0.1) is 22.0 Å². The molecule has 1 aliphatic rings. The molecular formula is C31H48N2O8. The van der Waals surface area contributed by atoms with Crippen molar-refractivity contribution in [3.8, 4) is 0 Å². The summed E-state index contributed by atoms with van der Waals surface area (Å²) in [5.74, 6) is -0.328. The third-order valence-electron chi connectivity index (χ3n) is 7.37. The molecule has 10 nitrogen and oxygen atoms in total. The Morgan fingerprint density at radius 1 is 1.12 bits per heavy atom. The van der Waals surface area contributed by atoms with Gasteiger partial charge in [-0.25, -0.2) is 0 Å². The highest BCUT2D eigenvalue weighted by Crippen LogP contribution is 2.36. The first-order chi connectivity index (χ1) is 19.8. The minimum atomic E-state index is -0.992. The highest BCUT2D eigenvalue weighted by atomic mass is 16.9. The molecule has 1 aliphatic carbocycles. The molecule has 10 heteroatoms. The molecule has 1 aromatic rings. The zero-order valence-electron chi connectivity index (χ0n) is 24.2. The van der Waals surface area contributed by atoms with E-state index < -0.39 is 29.7 Å². The minimum absolute atomic E-state index is 0.0361. The van der Waals surface area contributed by atoms with Crippen LogP contribution in [-0.2, 0) is 20.8 Å². The van der Waals surface area contributed by atoms with Crippen LogP contribution >= 0.6 is 0 Å². The summed E-state index contributed by atoms with van der Waals surface area (Å²) in [6, 6.07) is 10.0. The first-order valence-corrected chi connectivity index (χ1v) is 14.9. The van der Waals surface area contributed by atoms with Gasteiger partial charge >= 0.3 is 0 Å². The Kier molecular flexibility index (Phi) is 16.9. The van der Waals surface area contributed by atoms with Crippen LogP contribution in [0.2, 0.25) is 0 Å². The van der Waals surface area contributed by atoms with Gasteiger partial charge in [-0.2, -0.15) is 0 Å². The maximum absolute atomic E-state index is 11.6. The van der Waals surface area contributed by atoms with Crippen molar-refractivity contribution in [3.05, 3.63) is 70.3 Å². The van der Waals surface area contributed by atoms with Crippen LogP contribution in [0.1, 0.15) is 76.7 Å². The van der Waals surface area contributed by atoms with Crippen molar-refractivity contribution in [1.82, 2.24) is 5.32 Å². The van der Waals surface area contributed by atoms with Gasteiger partial charge in [-0.3, -0.25) is 4.79 Å². The van der Waals surface area contributed by atoms with Gasteiger partial charge in [0.15, 0.2) is 6.29 Å². The van der Waals surface area contributed by atoms with Crippen molar-refractivity contribution in [3.63, 3.8) is 0 Å². The van der Waals surface area contributed by atoms with Crippen molar-refractivity contribution < 1.29 is 34.8 Å². The van der Waals surface area contributed by atoms with Crippen LogP contribution < -0.4 is 5.32 Å². The van der Waals surface area contributed by atoms with Gasteiger partial charge in [-0.1, -0.05) is 61.1 Å². The summed E-state index contributed by atoms with van der Waals surface area (Å²) in [5, 5.41) is 44.1. The van der Waals surface area contributed by atoms with Crippen LogP contribution in [0.25, 0.3) is 0 Å². The average Bonchev–Trinajstić information content (AvgIpc) is 3.21. The Bertz CT molecular complexity index is 926. The number of hydrogen-bond acceptors (Lipinski definition) is 8. The van der Waals surface area contributed by atoms with Crippen LogP contribution in [-0.4, -0.2) is 64.1 Å². The highest BCUT2D eigenvalue weighted by molar-refractivity contribution is 5.75. The Balaban J connectivity index is 1.93. The smallest absolute Gasteiger partial charge is 0.294 e. The average molecular weight is 577 g/mol. The quantitative estimate of drug-likeness (QED) is 0.0557. The topological polar surface area (TPSA) is 151 Å². The zero-order valence-corrected chi connectivity index (χ0v) is 24.2. The molecule has 0 bridgehead atoms.